The van der Waals surface area contributed by atoms with Crippen molar-refractivity contribution in [3.05, 3.63) is 40.2 Å². The van der Waals surface area contributed by atoms with Crippen LogP contribution in [0.25, 0.3) is 0 Å². The van der Waals surface area contributed by atoms with Gasteiger partial charge in [0, 0.05) is 44.3 Å². The third kappa shape index (κ3) is 3.72. The molecule has 1 atom stereocenters. The fourth-order valence-corrected chi connectivity index (χ4v) is 3.20. The molecule has 1 fully saturated rings. The van der Waals surface area contributed by atoms with Gasteiger partial charge in [-0.3, -0.25) is 14.7 Å². The van der Waals surface area contributed by atoms with Crippen LogP contribution in [-0.4, -0.2) is 44.8 Å². The number of amides is 1. The lowest BCUT2D eigenvalue weighted by Gasteiger charge is -2.33. The second-order valence-electron chi connectivity index (χ2n) is 6.44. The average molecular weight is 344 g/mol. The second kappa shape index (κ2) is 7.50. The van der Waals surface area contributed by atoms with Crippen molar-refractivity contribution in [3.63, 3.8) is 0 Å². The third-order valence-electron chi connectivity index (χ3n) is 4.52. The van der Waals surface area contributed by atoms with Crippen LogP contribution < -0.4 is 15.8 Å². The lowest BCUT2D eigenvalue weighted by molar-refractivity contribution is 0.0932. The smallest absolute Gasteiger partial charge is 0.293 e. The zero-order valence-corrected chi connectivity index (χ0v) is 14.7. The van der Waals surface area contributed by atoms with Gasteiger partial charge in [-0.1, -0.05) is 13.3 Å². The summed E-state index contributed by atoms with van der Waals surface area (Å²) in [4.78, 5) is 31.0. The summed E-state index contributed by atoms with van der Waals surface area (Å²) in [5, 5.41) is 9.96. The average Bonchev–Trinajstić information content (AvgIpc) is 3.06. The summed E-state index contributed by atoms with van der Waals surface area (Å²) in [6.45, 7) is 3.42. The number of aromatic amines is 1. The summed E-state index contributed by atoms with van der Waals surface area (Å²) in [7, 11) is 1.71. The van der Waals surface area contributed by atoms with Gasteiger partial charge in [0.15, 0.2) is 5.82 Å². The van der Waals surface area contributed by atoms with Crippen molar-refractivity contribution in [3.8, 4) is 0 Å². The molecule has 3 rings (SSSR count). The summed E-state index contributed by atoms with van der Waals surface area (Å²) in [5.41, 5.74) is 1.36. The van der Waals surface area contributed by atoms with E-state index in [0.29, 0.717) is 17.9 Å². The summed E-state index contributed by atoms with van der Waals surface area (Å²) in [6.07, 6.45) is 8.38. The fraction of sp³-hybridized carbons (Fsp3) is 0.529. The Bertz CT molecular complexity index is 796. The predicted molar refractivity (Wildman–Crippen MR) is 94.8 cm³/mol. The number of aromatic nitrogens is 4. The van der Waals surface area contributed by atoms with Gasteiger partial charge in [0.05, 0.1) is 11.8 Å². The Balaban J connectivity index is 1.69. The van der Waals surface area contributed by atoms with E-state index in [2.05, 4.69) is 27.4 Å². The molecule has 2 aromatic rings. The van der Waals surface area contributed by atoms with E-state index >= 15 is 0 Å². The van der Waals surface area contributed by atoms with E-state index in [1.807, 2.05) is 4.90 Å². The molecule has 25 heavy (non-hydrogen) atoms. The van der Waals surface area contributed by atoms with Crippen LogP contribution in [0.2, 0.25) is 0 Å². The van der Waals surface area contributed by atoms with Crippen LogP contribution in [0.4, 0.5) is 5.82 Å². The van der Waals surface area contributed by atoms with Crippen molar-refractivity contribution >= 4 is 11.7 Å². The topological polar surface area (TPSA) is 95.9 Å². The van der Waals surface area contributed by atoms with E-state index in [1.165, 1.54) is 4.57 Å². The molecular formula is C17H24N6O2. The number of rotatable bonds is 5. The van der Waals surface area contributed by atoms with Gasteiger partial charge in [-0.05, 0) is 19.3 Å². The molecule has 1 aliphatic rings. The minimum atomic E-state index is -0.116. The molecule has 0 aromatic carbocycles. The molecule has 3 heterocycles. The van der Waals surface area contributed by atoms with Crippen molar-refractivity contribution in [2.24, 2.45) is 7.05 Å². The molecule has 2 N–H and O–H groups in total. The number of hydrogen-bond acceptors (Lipinski definition) is 5. The number of carbonyl (C=O) groups is 1. The Morgan fingerprint density at radius 1 is 1.48 bits per heavy atom. The molecule has 0 bridgehead atoms. The van der Waals surface area contributed by atoms with Crippen molar-refractivity contribution in [2.75, 3.05) is 18.0 Å². The monoisotopic (exact) mass is 344 g/mol. The van der Waals surface area contributed by atoms with Crippen LogP contribution >= 0.6 is 0 Å². The standard InChI is InChI=1S/C17H24N6O2/c1-3-5-14-13(10-19-21-14)16(24)20-12-6-4-8-23(11-12)15-17(25)22(2)9-7-18-15/h7,9-10,12H,3-6,8,11H2,1-2H3,(H,19,21)(H,20,24). The zero-order valence-electron chi connectivity index (χ0n) is 14.7. The highest BCUT2D eigenvalue weighted by Gasteiger charge is 2.25. The molecule has 0 aliphatic carbocycles. The predicted octanol–water partition coefficient (Wildman–Crippen LogP) is 0.855. The highest BCUT2D eigenvalue weighted by molar-refractivity contribution is 5.95. The molecule has 2 aromatic heterocycles. The van der Waals surface area contributed by atoms with Crippen molar-refractivity contribution in [1.82, 2.24) is 25.1 Å². The summed E-state index contributed by atoms with van der Waals surface area (Å²) in [6, 6.07) is -0.0164. The molecule has 8 nitrogen and oxygen atoms in total. The maximum absolute atomic E-state index is 12.6. The number of hydrogen-bond donors (Lipinski definition) is 2. The van der Waals surface area contributed by atoms with Gasteiger partial charge in [0.25, 0.3) is 11.5 Å². The Labute approximate surface area is 146 Å². The summed E-state index contributed by atoms with van der Waals surface area (Å²) >= 11 is 0. The van der Waals surface area contributed by atoms with Crippen LogP contribution in [-0.2, 0) is 13.5 Å². The van der Waals surface area contributed by atoms with Crippen LogP contribution in [0, 0.1) is 0 Å². The van der Waals surface area contributed by atoms with Crippen LogP contribution in [0.15, 0.2) is 23.4 Å². The lowest BCUT2D eigenvalue weighted by atomic mass is 10.0. The fourth-order valence-electron chi connectivity index (χ4n) is 3.20. The largest absolute Gasteiger partial charge is 0.350 e. The number of carbonyl (C=O) groups excluding carboxylic acids is 1. The molecule has 8 heteroatoms. The van der Waals surface area contributed by atoms with E-state index in [9.17, 15) is 9.59 Å². The van der Waals surface area contributed by atoms with E-state index in [-0.39, 0.29) is 17.5 Å². The highest BCUT2D eigenvalue weighted by atomic mass is 16.2. The number of nitrogens with zero attached hydrogens (tertiary/aromatic N) is 4. The first kappa shape index (κ1) is 17.2. The van der Waals surface area contributed by atoms with Gasteiger partial charge in [-0.25, -0.2) is 4.98 Å². The van der Waals surface area contributed by atoms with E-state index in [1.54, 1.807) is 25.6 Å². The maximum atomic E-state index is 12.6. The molecule has 1 amide bonds. The van der Waals surface area contributed by atoms with E-state index < -0.39 is 0 Å². The van der Waals surface area contributed by atoms with Crippen LogP contribution in [0.3, 0.4) is 0 Å². The first-order valence-corrected chi connectivity index (χ1v) is 8.69. The van der Waals surface area contributed by atoms with Crippen molar-refractivity contribution < 1.29 is 4.79 Å². The minimum absolute atomic E-state index is 0.0164. The van der Waals surface area contributed by atoms with Gasteiger partial charge in [0.1, 0.15) is 0 Å². The second-order valence-corrected chi connectivity index (χ2v) is 6.44. The van der Waals surface area contributed by atoms with E-state index in [4.69, 9.17) is 0 Å². The quantitative estimate of drug-likeness (QED) is 0.838. The highest BCUT2D eigenvalue weighted by Crippen LogP contribution is 2.16. The number of piperidine rings is 1. The Morgan fingerprint density at radius 3 is 3.12 bits per heavy atom. The molecule has 1 saturated heterocycles. The molecule has 0 radical (unpaired) electrons. The molecule has 134 valence electrons. The number of anilines is 1. The van der Waals surface area contributed by atoms with Crippen LogP contribution in [0.5, 0.6) is 0 Å². The number of nitrogens with one attached hydrogen (secondary N) is 2. The maximum Gasteiger partial charge on any atom is 0.293 e. The lowest BCUT2D eigenvalue weighted by Crippen LogP contribution is -2.49. The van der Waals surface area contributed by atoms with Crippen LogP contribution in [0.1, 0.15) is 42.2 Å². The SMILES string of the molecule is CCCc1[nH]ncc1C(=O)NC1CCCN(c2nccn(C)c2=O)C1. The van der Waals surface area contributed by atoms with Crippen molar-refractivity contribution in [1.29, 1.82) is 0 Å². The Kier molecular flexibility index (Phi) is 5.16. The zero-order chi connectivity index (χ0) is 17.8. The number of H-pyrrole nitrogens is 1. The molecule has 1 aliphatic heterocycles. The van der Waals surface area contributed by atoms with Crippen molar-refractivity contribution in [2.45, 2.75) is 38.6 Å². The normalized spacial score (nSPS) is 17.5. The van der Waals surface area contributed by atoms with Gasteiger partial charge >= 0.3 is 0 Å². The molecule has 0 saturated carbocycles. The van der Waals surface area contributed by atoms with Gasteiger partial charge in [-0.15, -0.1) is 0 Å². The third-order valence-corrected chi connectivity index (χ3v) is 4.52. The Hall–Kier alpha value is -2.64. The van der Waals surface area contributed by atoms with Gasteiger partial charge in [-0.2, -0.15) is 5.10 Å². The Morgan fingerprint density at radius 2 is 2.32 bits per heavy atom. The summed E-state index contributed by atoms with van der Waals surface area (Å²) in [5.74, 6) is 0.330. The first-order valence-electron chi connectivity index (χ1n) is 8.69. The molecule has 1 unspecified atom stereocenters. The number of aryl methyl sites for hydroxylation is 2. The minimum Gasteiger partial charge on any atom is -0.350 e. The first-order chi connectivity index (χ1) is 12.1. The van der Waals surface area contributed by atoms with Gasteiger partial charge in [0.2, 0.25) is 0 Å². The van der Waals surface area contributed by atoms with Gasteiger partial charge < -0.3 is 14.8 Å². The molecular weight excluding hydrogens is 320 g/mol. The molecule has 0 spiro atoms. The van der Waals surface area contributed by atoms with E-state index in [0.717, 1.165) is 37.9 Å². The summed E-state index contributed by atoms with van der Waals surface area (Å²) < 4.78 is 1.52.